The number of nitro groups is 1. The van der Waals surface area contributed by atoms with Gasteiger partial charge in [0.2, 0.25) is 5.70 Å². The molecule has 2 unspecified atom stereocenters. The fourth-order valence-corrected chi connectivity index (χ4v) is 2.99. The van der Waals surface area contributed by atoms with E-state index >= 15 is 0 Å². The molecule has 96 valence electrons. The highest BCUT2D eigenvalue weighted by molar-refractivity contribution is 5.06. The molecular formula is C12H20N2O3. The Bertz CT molecular complexity index is 311. The van der Waals surface area contributed by atoms with Gasteiger partial charge in [-0.3, -0.25) is 10.1 Å². The summed E-state index contributed by atoms with van der Waals surface area (Å²) in [5.74, 6) is 0.743. The first-order chi connectivity index (χ1) is 8.22. The molecule has 1 fully saturated rings. The first kappa shape index (κ1) is 12.5. The minimum atomic E-state index is -0.236. The number of nitrogens with zero attached hydrogens (tertiary/aromatic N) is 1. The van der Waals surface area contributed by atoms with E-state index in [1.165, 1.54) is 0 Å². The summed E-state index contributed by atoms with van der Waals surface area (Å²) in [7, 11) is 1.71. The molecular weight excluding hydrogens is 220 g/mol. The Morgan fingerprint density at radius 2 is 2.12 bits per heavy atom. The Morgan fingerprint density at radius 1 is 1.41 bits per heavy atom. The van der Waals surface area contributed by atoms with Crippen molar-refractivity contribution in [3.05, 3.63) is 21.9 Å². The summed E-state index contributed by atoms with van der Waals surface area (Å²) >= 11 is 0. The number of hydrogen-bond acceptors (Lipinski definition) is 4. The van der Waals surface area contributed by atoms with Crippen LogP contribution in [0.5, 0.6) is 0 Å². The average molecular weight is 240 g/mol. The van der Waals surface area contributed by atoms with Gasteiger partial charge in [0, 0.05) is 19.4 Å². The second kappa shape index (κ2) is 5.60. The molecule has 0 aromatic heterocycles. The van der Waals surface area contributed by atoms with E-state index in [0.29, 0.717) is 18.0 Å². The van der Waals surface area contributed by atoms with Crippen molar-refractivity contribution in [3.8, 4) is 0 Å². The zero-order valence-corrected chi connectivity index (χ0v) is 10.2. The first-order valence-electron chi connectivity index (χ1n) is 6.31. The third-order valence-electron chi connectivity index (χ3n) is 3.96. The monoisotopic (exact) mass is 240 g/mol. The van der Waals surface area contributed by atoms with Crippen LogP contribution in [-0.2, 0) is 4.74 Å². The van der Waals surface area contributed by atoms with Crippen LogP contribution >= 0.6 is 0 Å². The van der Waals surface area contributed by atoms with E-state index in [1.54, 1.807) is 7.11 Å². The molecule has 17 heavy (non-hydrogen) atoms. The SMILES string of the molecule is COC1CCC([N+](=O)[O-])=CC1C1CCNCC1. The number of allylic oxidation sites excluding steroid dienone is 1. The Morgan fingerprint density at radius 3 is 2.71 bits per heavy atom. The molecule has 5 nitrogen and oxygen atoms in total. The van der Waals surface area contributed by atoms with Gasteiger partial charge in [-0.15, -0.1) is 0 Å². The van der Waals surface area contributed by atoms with Gasteiger partial charge in [0.1, 0.15) is 0 Å². The van der Waals surface area contributed by atoms with Crippen LogP contribution in [0.2, 0.25) is 0 Å². The van der Waals surface area contributed by atoms with E-state index in [9.17, 15) is 10.1 Å². The van der Waals surface area contributed by atoms with Gasteiger partial charge in [-0.25, -0.2) is 0 Å². The zero-order valence-electron chi connectivity index (χ0n) is 10.2. The van der Waals surface area contributed by atoms with Crippen LogP contribution in [0.1, 0.15) is 25.7 Å². The molecule has 1 N–H and O–H groups in total. The summed E-state index contributed by atoms with van der Waals surface area (Å²) in [4.78, 5) is 10.6. The molecule has 0 bridgehead atoms. The van der Waals surface area contributed by atoms with Crippen molar-refractivity contribution < 1.29 is 9.66 Å². The molecule has 5 heteroatoms. The largest absolute Gasteiger partial charge is 0.381 e. The quantitative estimate of drug-likeness (QED) is 0.600. The summed E-state index contributed by atoms with van der Waals surface area (Å²) in [6.45, 7) is 2.03. The second-order valence-electron chi connectivity index (χ2n) is 4.89. The van der Waals surface area contributed by atoms with Gasteiger partial charge in [-0.05, 0) is 44.3 Å². The van der Waals surface area contributed by atoms with Crippen LogP contribution < -0.4 is 5.32 Å². The molecule has 1 saturated heterocycles. The summed E-state index contributed by atoms with van der Waals surface area (Å²) in [6.07, 6.45) is 5.50. The highest BCUT2D eigenvalue weighted by atomic mass is 16.6. The lowest BCUT2D eigenvalue weighted by molar-refractivity contribution is -0.430. The van der Waals surface area contributed by atoms with E-state index in [1.807, 2.05) is 6.08 Å². The van der Waals surface area contributed by atoms with Gasteiger partial charge in [0.05, 0.1) is 11.0 Å². The van der Waals surface area contributed by atoms with E-state index in [0.717, 1.165) is 32.4 Å². The Balaban J connectivity index is 2.13. The molecule has 1 aliphatic carbocycles. The van der Waals surface area contributed by atoms with Crippen LogP contribution in [0.25, 0.3) is 0 Å². The van der Waals surface area contributed by atoms with E-state index in [4.69, 9.17) is 4.74 Å². The van der Waals surface area contributed by atoms with E-state index in [2.05, 4.69) is 5.32 Å². The zero-order chi connectivity index (χ0) is 12.3. The molecule has 0 spiro atoms. The number of methoxy groups -OCH3 is 1. The Hall–Kier alpha value is -0.940. The average Bonchev–Trinajstić information content (AvgIpc) is 2.39. The maximum absolute atomic E-state index is 10.9. The van der Waals surface area contributed by atoms with Crippen molar-refractivity contribution in [2.24, 2.45) is 11.8 Å². The molecule has 0 aromatic carbocycles. The number of rotatable bonds is 3. The van der Waals surface area contributed by atoms with Gasteiger partial charge >= 0.3 is 0 Å². The van der Waals surface area contributed by atoms with Crippen LogP contribution in [0.15, 0.2) is 11.8 Å². The van der Waals surface area contributed by atoms with Crippen LogP contribution in [0.3, 0.4) is 0 Å². The fraction of sp³-hybridized carbons (Fsp3) is 0.833. The van der Waals surface area contributed by atoms with Crippen molar-refractivity contribution in [2.75, 3.05) is 20.2 Å². The first-order valence-corrected chi connectivity index (χ1v) is 6.31. The maximum atomic E-state index is 10.9. The molecule has 0 saturated carbocycles. The molecule has 2 aliphatic rings. The number of nitrogens with one attached hydrogen (secondary N) is 1. The van der Waals surface area contributed by atoms with Crippen LogP contribution in [-0.4, -0.2) is 31.2 Å². The molecule has 1 aliphatic heterocycles. The number of piperidine rings is 1. The van der Waals surface area contributed by atoms with Gasteiger partial charge in [-0.1, -0.05) is 0 Å². The smallest absolute Gasteiger partial charge is 0.242 e. The molecule has 1 heterocycles. The lowest BCUT2D eigenvalue weighted by Gasteiger charge is -2.35. The van der Waals surface area contributed by atoms with Crippen LogP contribution in [0, 0.1) is 22.0 Å². The highest BCUT2D eigenvalue weighted by Crippen LogP contribution is 2.34. The van der Waals surface area contributed by atoms with E-state index < -0.39 is 0 Å². The van der Waals surface area contributed by atoms with Gasteiger partial charge in [0.15, 0.2) is 0 Å². The van der Waals surface area contributed by atoms with Crippen LogP contribution in [0.4, 0.5) is 0 Å². The van der Waals surface area contributed by atoms with Crippen molar-refractivity contribution in [3.63, 3.8) is 0 Å². The van der Waals surface area contributed by atoms with Crippen molar-refractivity contribution >= 4 is 0 Å². The highest BCUT2D eigenvalue weighted by Gasteiger charge is 2.35. The van der Waals surface area contributed by atoms with E-state index in [-0.39, 0.29) is 16.9 Å². The molecule has 0 aromatic rings. The van der Waals surface area contributed by atoms with Gasteiger partial charge in [0.25, 0.3) is 0 Å². The van der Waals surface area contributed by atoms with Crippen molar-refractivity contribution in [1.82, 2.24) is 5.32 Å². The normalized spacial score (nSPS) is 31.0. The Kier molecular flexibility index (Phi) is 4.12. The summed E-state index contributed by atoms with van der Waals surface area (Å²) < 4.78 is 5.50. The predicted octanol–water partition coefficient (Wildman–Crippen LogP) is 1.57. The number of hydrogen-bond donors (Lipinski definition) is 1. The van der Waals surface area contributed by atoms with Gasteiger partial charge < -0.3 is 10.1 Å². The Labute approximate surface area is 101 Å². The maximum Gasteiger partial charge on any atom is 0.242 e. The topological polar surface area (TPSA) is 64.4 Å². The molecule has 0 amide bonds. The predicted molar refractivity (Wildman–Crippen MR) is 64.2 cm³/mol. The number of ether oxygens (including phenoxy) is 1. The summed E-state index contributed by atoms with van der Waals surface area (Å²) in [6, 6.07) is 0. The fourth-order valence-electron chi connectivity index (χ4n) is 2.99. The molecule has 0 radical (unpaired) electrons. The van der Waals surface area contributed by atoms with Crippen molar-refractivity contribution in [2.45, 2.75) is 31.8 Å². The van der Waals surface area contributed by atoms with Gasteiger partial charge in [-0.2, -0.15) is 0 Å². The minimum Gasteiger partial charge on any atom is -0.381 e. The summed E-state index contributed by atoms with van der Waals surface area (Å²) in [5.41, 5.74) is 0.377. The lowest BCUT2D eigenvalue weighted by Crippen LogP contribution is -2.38. The standard InChI is InChI=1S/C12H20N2O3/c1-17-12-3-2-10(14(15)16)8-11(12)9-4-6-13-7-5-9/h8-9,11-13H,2-7H2,1H3. The third-order valence-corrected chi connectivity index (χ3v) is 3.96. The lowest BCUT2D eigenvalue weighted by atomic mass is 9.77. The second-order valence-corrected chi connectivity index (χ2v) is 4.89. The molecule has 2 atom stereocenters. The van der Waals surface area contributed by atoms with Crippen molar-refractivity contribution in [1.29, 1.82) is 0 Å². The summed E-state index contributed by atoms with van der Waals surface area (Å²) in [5, 5.41) is 14.2. The third kappa shape index (κ3) is 2.84. The molecule has 2 rings (SSSR count). The minimum absolute atomic E-state index is 0.154.